The fourth-order valence-electron chi connectivity index (χ4n) is 3.40. The Balaban J connectivity index is 2.34. The molecule has 1 aromatic carbocycles. The van der Waals surface area contributed by atoms with Crippen molar-refractivity contribution in [2.75, 3.05) is 50.1 Å². The molecule has 1 unspecified atom stereocenters. The molecule has 2 rings (SSSR count). The zero-order chi connectivity index (χ0) is 20.7. The number of anilines is 2. The number of nitrogens with one attached hydrogen (secondary N) is 2. The number of benzene rings is 1. The molecule has 1 aromatic rings. The van der Waals surface area contributed by atoms with Gasteiger partial charge in [0.25, 0.3) is 0 Å². The van der Waals surface area contributed by atoms with Gasteiger partial charge in [0, 0.05) is 39.3 Å². The Labute approximate surface area is 174 Å². The Kier molecular flexibility index (Phi) is 8.48. The van der Waals surface area contributed by atoms with Gasteiger partial charge in [-0.15, -0.1) is 0 Å². The molecule has 0 amide bonds. The molecule has 2 N–H and O–H groups in total. The maximum atomic E-state index is 12.9. The molecule has 1 atom stereocenters. The van der Waals surface area contributed by atoms with E-state index in [1.54, 1.807) is 19.2 Å². The first-order valence-corrected chi connectivity index (χ1v) is 11.6. The lowest BCUT2D eigenvalue weighted by Gasteiger charge is -2.25. The number of hydrogen-bond acceptors (Lipinski definition) is 5. The van der Waals surface area contributed by atoms with Gasteiger partial charge in [0.1, 0.15) is 0 Å². The summed E-state index contributed by atoms with van der Waals surface area (Å²) in [4.78, 5) is 2.53. The monoisotopic (exact) mass is 428 g/mol. The number of sulfonamides is 1. The lowest BCUT2D eigenvalue weighted by molar-refractivity contribution is 0.179. The van der Waals surface area contributed by atoms with Crippen LogP contribution in [0.5, 0.6) is 0 Å². The fourth-order valence-corrected chi connectivity index (χ4v) is 5.19. The summed E-state index contributed by atoms with van der Waals surface area (Å²) in [6.45, 7) is 8.96. The maximum Gasteiger partial charge on any atom is 0.243 e. The lowest BCUT2D eigenvalue weighted by atomic mass is 10.2. The molecule has 0 bridgehead atoms. The molecule has 1 fully saturated rings. The maximum absolute atomic E-state index is 12.9. The predicted molar refractivity (Wildman–Crippen MR) is 119 cm³/mol. The number of thiocarbonyl (C=S) groups is 1. The summed E-state index contributed by atoms with van der Waals surface area (Å²) in [6.07, 6.45) is 2.26. The SMILES string of the molecule is CCN(CC)S(=O)(=O)c1ccc(N2CCCC2)c(NC(=S)NC(C)COC)c1. The van der Waals surface area contributed by atoms with E-state index < -0.39 is 10.0 Å². The van der Waals surface area contributed by atoms with Crippen LogP contribution in [0.2, 0.25) is 0 Å². The minimum absolute atomic E-state index is 0.0443. The zero-order valence-electron chi connectivity index (χ0n) is 17.2. The van der Waals surface area contributed by atoms with Crippen LogP contribution in [0.15, 0.2) is 23.1 Å². The third-order valence-electron chi connectivity index (χ3n) is 4.80. The summed E-state index contributed by atoms with van der Waals surface area (Å²) >= 11 is 5.44. The second kappa shape index (κ2) is 10.4. The van der Waals surface area contributed by atoms with Crippen molar-refractivity contribution in [3.05, 3.63) is 18.2 Å². The van der Waals surface area contributed by atoms with Gasteiger partial charge in [0.2, 0.25) is 10.0 Å². The molecule has 1 aliphatic rings. The summed E-state index contributed by atoms with van der Waals surface area (Å²) in [6, 6.07) is 5.31. The van der Waals surface area contributed by atoms with Crippen molar-refractivity contribution in [1.29, 1.82) is 0 Å². The Morgan fingerprint density at radius 2 is 1.93 bits per heavy atom. The Morgan fingerprint density at radius 1 is 1.29 bits per heavy atom. The number of hydrogen-bond donors (Lipinski definition) is 2. The minimum atomic E-state index is -3.54. The highest BCUT2D eigenvalue weighted by molar-refractivity contribution is 7.89. The van der Waals surface area contributed by atoms with Crippen LogP contribution in [0.3, 0.4) is 0 Å². The van der Waals surface area contributed by atoms with Gasteiger partial charge in [-0.2, -0.15) is 4.31 Å². The summed E-state index contributed by atoms with van der Waals surface area (Å²) in [5.74, 6) is 0. The zero-order valence-corrected chi connectivity index (χ0v) is 18.8. The fraction of sp³-hybridized carbons (Fsp3) is 0.632. The molecule has 1 aliphatic heterocycles. The van der Waals surface area contributed by atoms with Gasteiger partial charge in [-0.05, 0) is 50.2 Å². The van der Waals surface area contributed by atoms with Crippen LogP contribution in [0, 0.1) is 0 Å². The lowest BCUT2D eigenvalue weighted by Crippen LogP contribution is -2.38. The summed E-state index contributed by atoms with van der Waals surface area (Å²) in [5.41, 5.74) is 1.68. The van der Waals surface area contributed by atoms with Gasteiger partial charge < -0.3 is 20.3 Å². The minimum Gasteiger partial charge on any atom is -0.383 e. The van der Waals surface area contributed by atoms with E-state index in [0.29, 0.717) is 30.5 Å². The van der Waals surface area contributed by atoms with Crippen molar-refractivity contribution in [3.8, 4) is 0 Å². The van der Waals surface area contributed by atoms with Gasteiger partial charge in [0.15, 0.2) is 5.11 Å². The van der Waals surface area contributed by atoms with Crippen molar-refractivity contribution >= 4 is 38.7 Å². The van der Waals surface area contributed by atoms with Crippen LogP contribution in [0.25, 0.3) is 0 Å². The first kappa shape index (κ1) is 22.9. The molecule has 7 nitrogen and oxygen atoms in total. The molecule has 0 aliphatic carbocycles. The van der Waals surface area contributed by atoms with Crippen LogP contribution < -0.4 is 15.5 Å². The van der Waals surface area contributed by atoms with Crippen molar-refractivity contribution in [3.63, 3.8) is 0 Å². The van der Waals surface area contributed by atoms with Gasteiger partial charge in [-0.3, -0.25) is 0 Å². The molecule has 0 aromatic heterocycles. The van der Waals surface area contributed by atoms with E-state index in [2.05, 4.69) is 15.5 Å². The van der Waals surface area contributed by atoms with E-state index in [-0.39, 0.29) is 10.9 Å². The third kappa shape index (κ3) is 5.56. The molecule has 0 saturated carbocycles. The molecule has 0 radical (unpaired) electrons. The van der Waals surface area contributed by atoms with Crippen LogP contribution >= 0.6 is 12.2 Å². The summed E-state index contributed by atoms with van der Waals surface area (Å²) < 4.78 is 32.5. The van der Waals surface area contributed by atoms with Crippen LogP contribution in [0.4, 0.5) is 11.4 Å². The van der Waals surface area contributed by atoms with Gasteiger partial charge in [-0.25, -0.2) is 8.42 Å². The van der Waals surface area contributed by atoms with Crippen molar-refractivity contribution in [2.24, 2.45) is 0 Å². The predicted octanol–water partition coefficient (Wildman–Crippen LogP) is 2.64. The highest BCUT2D eigenvalue weighted by Crippen LogP contribution is 2.32. The van der Waals surface area contributed by atoms with Crippen LogP contribution in [0.1, 0.15) is 33.6 Å². The molecular formula is C19H32N4O3S2. The molecule has 1 heterocycles. The van der Waals surface area contributed by atoms with Gasteiger partial charge in [0.05, 0.1) is 22.9 Å². The first-order chi connectivity index (χ1) is 13.3. The topological polar surface area (TPSA) is 73.9 Å². The van der Waals surface area contributed by atoms with E-state index in [1.807, 2.05) is 26.8 Å². The number of methoxy groups -OCH3 is 1. The van der Waals surface area contributed by atoms with Gasteiger partial charge in [-0.1, -0.05) is 13.8 Å². The molecular weight excluding hydrogens is 396 g/mol. The summed E-state index contributed by atoms with van der Waals surface area (Å²) in [5, 5.41) is 6.82. The average Bonchev–Trinajstić information content (AvgIpc) is 3.17. The van der Waals surface area contributed by atoms with Crippen LogP contribution in [-0.4, -0.2) is 63.8 Å². The van der Waals surface area contributed by atoms with Crippen molar-refractivity contribution in [1.82, 2.24) is 9.62 Å². The molecule has 1 saturated heterocycles. The third-order valence-corrected chi connectivity index (χ3v) is 7.07. The average molecular weight is 429 g/mol. The van der Waals surface area contributed by atoms with Crippen molar-refractivity contribution < 1.29 is 13.2 Å². The highest BCUT2D eigenvalue weighted by Gasteiger charge is 2.24. The molecule has 0 spiro atoms. The normalized spacial score (nSPS) is 15.7. The van der Waals surface area contributed by atoms with E-state index in [0.717, 1.165) is 31.6 Å². The van der Waals surface area contributed by atoms with E-state index in [4.69, 9.17) is 17.0 Å². The molecule has 28 heavy (non-hydrogen) atoms. The number of ether oxygens (including phenoxy) is 1. The second-order valence-electron chi connectivity index (χ2n) is 6.92. The molecule has 158 valence electrons. The Morgan fingerprint density at radius 3 is 2.50 bits per heavy atom. The van der Waals surface area contributed by atoms with E-state index in [9.17, 15) is 8.42 Å². The highest BCUT2D eigenvalue weighted by atomic mass is 32.2. The first-order valence-electron chi connectivity index (χ1n) is 9.79. The largest absolute Gasteiger partial charge is 0.383 e. The van der Waals surface area contributed by atoms with Crippen molar-refractivity contribution in [2.45, 2.75) is 44.6 Å². The van der Waals surface area contributed by atoms with Crippen LogP contribution in [-0.2, 0) is 14.8 Å². The number of rotatable bonds is 9. The molecule has 9 heteroatoms. The van der Waals surface area contributed by atoms with E-state index in [1.165, 1.54) is 4.31 Å². The standard InChI is InChI=1S/C19H32N4O3S2/c1-5-23(6-2)28(24,25)16-9-10-18(22-11-7-8-12-22)17(13-16)21-19(27)20-15(3)14-26-4/h9-10,13,15H,5-8,11-12,14H2,1-4H3,(H2,20,21,27). The quantitative estimate of drug-likeness (QED) is 0.586. The van der Waals surface area contributed by atoms with E-state index >= 15 is 0 Å². The summed E-state index contributed by atoms with van der Waals surface area (Å²) in [7, 11) is -1.90. The second-order valence-corrected chi connectivity index (χ2v) is 9.26. The Bertz CT molecular complexity index is 760. The Hall–Kier alpha value is -1.42. The van der Waals surface area contributed by atoms with Gasteiger partial charge >= 0.3 is 0 Å². The number of nitrogens with zero attached hydrogens (tertiary/aromatic N) is 2. The smallest absolute Gasteiger partial charge is 0.243 e.